The summed E-state index contributed by atoms with van der Waals surface area (Å²) in [6.07, 6.45) is 1.19. The van der Waals surface area contributed by atoms with Crippen LogP contribution in [-0.4, -0.2) is 30.4 Å². The van der Waals surface area contributed by atoms with Crippen molar-refractivity contribution in [3.8, 4) is 5.75 Å². The molecule has 1 unspecified atom stereocenters. The minimum absolute atomic E-state index is 0. The highest BCUT2D eigenvalue weighted by Crippen LogP contribution is 2.17. The van der Waals surface area contributed by atoms with Gasteiger partial charge in [-0.25, -0.2) is 0 Å². The molecular formula is C20H28ClNO2. The van der Waals surface area contributed by atoms with E-state index in [0.717, 1.165) is 17.7 Å². The molecule has 2 N–H and O–H groups in total. The molecule has 2 aromatic rings. The van der Waals surface area contributed by atoms with Crippen LogP contribution in [0.5, 0.6) is 5.75 Å². The van der Waals surface area contributed by atoms with Gasteiger partial charge in [-0.2, -0.15) is 0 Å². The summed E-state index contributed by atoms with van der Waals surface area (Å²) in [4.78, 5) is 0. The van der Waals surface area contributed by atoms with E-state index in [2.05, 4.69) is 31.3 Å². The summed E-state index contributed by atoms with van der Waals surface area (Å²) in [6.45, 7) is 4.90. The molecule has 2 aromatic carbocycles. The number of β-amino-alcohol motifs (C(OH)–C–C–N with tert-alkyl or cyclic N) is 1. The van der Waals surface area contributed by atoms with E-state index in [1.54, 1.807) is 7.11 Å². The van der Waals surface area contributed by atoms with E-state index in [1.807, 2.05) is 42.5 Å². The number of halogens is 1. The summed E-state index contributed by atoms with van der Waals surface area (Å²) in [7, 11) is 1.68. The van der Waals surface area contributed by atoms with Gasteiger partial charge in [0, 0.05) is 12.1 Å². The van der Waals surface area contributed by atoms with Crippen molar-refractivity contribution < 1.29 is 9.84 Å². The van der Waals surface area contributed by atoms with E-state index in [1.165, 1.54) is 5.56 Å². The molecule has 0 aliphatic carbocycles. The minimum atomic E-state index is -0.382. The van der Waals surface area contributed by atoms with Gasteiger partial charge in [-0.05, 0) is 49.9 Å². The fourth-order valence-corrected chi connectivity index (χ4v) is 2.67. The third-order valence-electron chi connectivity index (χ3n) is 3.94. The summed E-state index contributed by atoms with van der Waals surface area (Å²) in [5.41, 5.74) is 2.34. The van der Waals surface area contributed by atoms with Crippen LogP contribution in [0.1, 0.15) is 25.0 Å². The maximum Gasteiger partial charge on any atom is 0.118 e. The molecule has 0 bridgehead atoms. The van der Waals surface area contributed by atoms with Gasteiger partial charge in [0.25, 0.3) is 0 Å². The van der Waals surface area contributed by atoms with Crippen LogP contribution in [0.4, 0.5) is 0 Å². The Labute approximate surface area is 151 Å². The molecule has 0 radical (unpaired) electrons. The molecule has 132 valence electrons. The lowest BCUT2D eigenvalue weighted by molar-refractivity contribution is 0.158. The highest BCUT2D eigenvalue weighted by Gasteiger charge is 2.19. The molecule has 0 aromatic heterocycles. The third kappa shape index (κ3) is 6.91. The van der Waals surface area contributed by atoms with E-state index in [-0.39, 0.29) is 24.0 Å². The standard InChI is InChI=1S/C20H27NO2.ClH/c1-20(2,14-17-9-11-19(23-3)12-10-17)21-15-18(22)13-16-7-5-4-6-8-16;/h4-12,18,21-22H,13-15H2,1-3H3;1H. The summed E-state index contributed by atoms with van der Waals surface area (Å²) >= 11 is 0. The van der Waals surface area contributed by atoms with Crippen molar-refractivity contribution in [2.24, 2.45) is 0 Å². The summed E-state index contributed by atoms with van der Waals surface area (Å²) in [5, 5.41) is 13.7. The first-order chi connectivity index (χ1) is 11.0. The van der Waals surface area contributed by atoms with Crippen molar-refractivity contribution in [1.29, 1.82) is 0 Å². The third-order valence-corrected chi connectivity index (χ3v) is 3.94. The molecule has 0 fully saturated rings. The number of aliphatic hydroxyl groups is 1. The lowest BCUT2D eigenvalue weighted by atomic mass is 9.94. The van der Waals surface area contributed by atoms with Crippen molar-refractivity contribution in [3.63, 3.8) is 0 Å². The molecular weight excluding hydrogens is 322 g/mol. The van der Waals surface area contributed by atoms with Crippen LogP contribution in [0.15, 0.2) is 54.6 Å². The Hall–Kier alpha value is -1.55. The second kappa shape index (κ2) is 9.67. The number of ether oxygens (including phenoxy) is 1. The second-order valence-corrected chi connectivity index (χ2v) is 6.63. The van der Waals surface area contributed by atoms with E-state index in [9.17, 15) is 5.11 Å². The lowest BCUT2D eigenvalue weighted by Crippen LogP contribution is -2.45. The summed E-state index contributed by atoms with van der Waals surface area (Å²) in [6, 6.07) is 18.2. The van der Waals surface area contributed by atoms with Gasteiger partial charge in [-0.3, -0.25) is 0 Å². The summed E-state index contributed by atoms with van der Waals surface area (Å²) < 4.78 is 5.19. The number of benzene rings is 2. The van der Waals surface area contributed by atoms with Crippen LogP contribution in [0.25, 0.3) is 0 Å². The van der Waals surface area contributed by atoms with Crippen molar-refractivity contribution in [1.82, 2.24) is 5.32 Å². The Morgan fingerprint density at radius 2 is 1.62 bits per heavy atom. The monoisotopic (exact) mass is 349 g/mol. The zero-order valence-electron chi connectivity index (χ0n) is 14.7. The largest absolute Gasteiger partial charge is 0.497 e. The van der Waals surface area contributed by atoms with E-state index >= 15 is 0 Å². The normalized spacial score (nSPS) is 12.3. The highest BCUT2D eigenvalue weighted by molar-refractivity contribution is 5.85. The minimum Gasteiger partial charge on any atom is -0.497 e. The van der Waals surface area contributed by atoms with Crippen LogP contribution in [0.3, 0.4) is 0 Å². The molecule has 0 aliphatic heterocycles. The molecule has 0 amide bonds. The van der Waals surface area contributed by atoms with Gasteiger partial charge in [-0.15, -0.1) is 12.4 Å². The Bertz CT molecular complexity index is 584. The fourth-order valence-electron chi connectivity index (χ4n) is 2.67. The molecule has 4 heteroatoms. The van der Waals surface area contributed by atoms with E-state index in [0.29, 0.717) is 13.0 Å². The molecule has 0 saturated carbocycles. The Morgan fingerprint density at radius 3 is 2.21 bits per heavy atom. The lowest BCUT2D eigenvalue weighted by Gasteiger charge is -2.28. The van der Waals surface area contributed by atoms with Gasteiger partial charge in [0.15, 0.2) is 0 Å². The van der Waals surface area contributed by atoms with Crippen LogP contribution in [0, 0.1) is 0 Å². The van der Waals surface area contributed by atoms with Crippen LogP contribution in [0.2, 0.25) is 0 Å². The molecule has 3 nitrogen and oxygen atoms in total. The molecule has 0 heterocycles. The van der Waals surface area contributed by atoms with Crippen LogP contribution >= 0.6 is 12.4 Å². The average Bonchev–Trinajstić information content (AvgIpc) is 2.54. The predicted octanol–water partition coefficient (Wildman–Crippen LogP) is 3.63. The Balaban J connectivity index is 0.00000288. The molecule has 1 atom stereocenters. The summed E-state index contributed by atoms with van der Waals surface area (Å²) in [5.74, 6) is 0.873. The van der Waals surface area contributed by atoms with Crippen LogP contribution < -0.4 is 10.1 Å². The quantitative estimate of drug-likeness (QED) is 0.764. The van der Waals surface area contributed by atoms with Crippen molar-refractivity contribution in [3.05, 3.63) is 65.7 Å². The first kappa shape index (κ1) is 20.5. The van der Waals surface area contributed by atoms with E-state index < -0.39 is 0 Å². The van der Waals surface area contributed by atoms with Crippen molar-refractivity contribution in [2.45, 2.75) is 38.3 Å². The maximum absolute atomic E-state index is 10.2. The molecule has 0 spiro atoms. The SMILES string of the molecule is COc1ccc(CC(C)(C)NCC(O)Cc2ccccc2)cc1.Cl. The van der Waals surface area contributed by atoms with Gasteiger partial charge in [-0.1, -0.05) is 42.5 Å². The fraction of sp³-hybridized carbons (Fsp3) is 0.400. The van der Waals surface area contributed by atoms with Crippen molar-refractivity contribution in [2.75, 3.05) is 13.7 Å². The average molecular weight is 350 g/mol. The van der Waals surface area contributed by atoms with Gasteiger partial charge in [0.2, 0.25) is 0 Å². The number of methoxy groups -OCH3 is 1. The highest BCUT2D eigenvalue weighted by atomic mass is 35.5. The maximum atomic E-state index is 10.2. The topological polar surface area (TPSA) is 41.5 Å². The smallest absolute Gasteiger partial charge is 0.118 e. The molecule has 24 heavy (non-hydrogen) atoms. The van der Waals surface area contributed by atoms with E-state index in [4.69, 9.17) is 4.74 Å². The predicted molar refractivity (Wildman–Crippen MR) is 102 cm³/mol. The first-order valence-corrected chi connectivity index (χ1v) is 8.08. The Morgan fingerprint density at radius 1 is 1.00 bits per heavy atom. The van der Waals surface area contributed by atoms with Crippen molar-refractivity contribution >= 4 is 12.4 Å². The van der Waals surface area contributed by atoms with Gasteiger partial charge in [0.05, 0.1) is 13.2 Å². The van der Waals surface area contributed by atoms with Gasteiger partial charge in [0.1, 0.15) is 5.75 Å². The zero-order chi connectivity index (χ0) is 16.7. The number of nitrogens with one attached hydrogen (secondary N) is 1. The Kier molecular flexibility index (Phi) is 8.26. The first-order valence-electron chi connectivity index (χ1n) is 8.08. The number of aliphatic hydroxyl groups excluding tert-OH is 1. The van der Waals surface area contributed by atoms with Gasteiger partial charge >= 0.3 is 0 Å². The number of hydrogen-bond donors (Lipinski definition) is 2. The van der Waals surface area contributed by atoms with Gasteiger partial charge < -0.3 is 15.2 Å². The van der Waals surface area contributed by atoms with Crippen LogP contribution in [-0.2, 0) is 12.8 Å². The second-order valence-electron chi connectivity index (χ2n) is 6.63. The molecule has 2 rings (SSSR count). The molecule has 0 saturated heterocycles. The number of rotatable bonds is 8. The number of hydrogen-bond acceptors (Lipinski definition) is 3. The molecule has 0 aliphatic rings. The zero-order valence-corrected chi connectivity index (χ0v) is 15.5.